The summed E-state index contributed by atoms with van der Waals surface area (Å²) < 4.78 is 5.39. The molecular formula is C18H19N3O2. The minimum Gasteiger partial charge on any atom is -0.378 e. The van der Waals surface area contributed by atoms with E-state index in [0.29, 0.717) is 5.69 Å². The maximum Gasteiger partial charge on any atom is 0.276 e. The van der Waals surface area contributed by atoms with Gasteiger partial charge in [0, 0.05) is 37.2 Å². The number of carbonyl (C=O) groups excluding carboxylic acids is 1. The molecule has 1 saturated heterocycles. The molecule has 4 rings (SSSR count). The van der Waals surface area contributed by atoms with Crippen LogP contribution in [0.15, 0.2) is 42.6 Å². The van der Waals surface area contributed by atoms with E-state index in [1.54, 1.807) is 6.20 Å². The highest BCUT2D eigenvalue weighted by Gasteiger charge is 2.26. The molecule has 2 aliphatic heterocycles. The summed E-state index contributed by atoms with van der Waals surface area (Å²) in [6, 6.07) is 11.9. The Kier molecular flexibility index (Phi) is 3.71. The van der Waals surface area contributed by atoms with Crippen LogP contribution in [-0.4, -0.2) is 43.7 Å². The Bertz CT molecular complexity index is 726. The Labute approximate surface area is 135 Å². The van der Waals surface area contributed by atoms with Crippen LogP contribution in [0, 0.1) is 0 Å². The Hall–Kier alpha value is -2.40. The number of pyridine rings is 1. The minimum absolute atomic E-state index is 0.0231. The number of anilines is 2. The predicted molar refractivity (Wildman–Crippen MR) is 89.1 cm³/mol. The topological polar surface area (TPSA) is 45.7 Å². The van der Waals surface area contributed by atoms with Crippen molar-refractivity contribution in [3.63, 3.8) is 0 Å². The van der Waals surface area contributed by atoms with Crippen molar-refractivity contribution < 1.29 is 9.53 Å². The molecule has 0 aliphatic carbocycles. The van der Waals surface area contributed by atoms with E-state index >= 15 is 0 Å². The van der Waals surface area contributed by atoms with Crippen LogP contribution in [0.4, 0.5) is 11.4 Å². The standard InChI is InChI=1S/C18H19N3O2/c22-18(21-8-6-14-3-1-2-4-17(14)21)16-13-15(5-7-19-16)20-9-11-23-12-10-20/h1-5,7,13H,6,8-12H2. The summed E-state index contributed by atoms with van der Waals surface area (Å²) in [5.74, 6) is -0.0231. The molecule has 0 N–H and O–H groups in total. The first-order chi connectivity index (χ1) is 11.3. The van der Waals surface area contributed by atoms with E-state index in [-0.39, 0.29) is 5.91 Å². The van der Waals surface area contributed by atoms with Gasteiger partial charge in [0.05, 0.1) is 13.2 Å². The maximum absolute atomic E-state index is 12.9. The van der Waals surface area contributed by atoms with E-state index in [1.165, 1.54) is 5.56 Å². The first-order valence-corrected chi connectivity index (χ1v) is 8.01. The molecular weight excluding hydrogens is 290 g/mol. The average Bonchev–Trinajstić information content (AvgIpc) is 3.06. The molecule has 0 atom stereocenters. The van der Waals surface area contributed by atoms with E-state index in [2.05, 4.69) is 16.0 Å². The van der Waals surface area contributed by atoms with Gasteiger partial charge in [-0.25, -0.2) is 0 Å². The number of aromatic nitrogens is 1. The molecule has 5 heteroatoms. The van der Waals surface area contributed by atoms with Crippen molar-refractivity contribution in [1.82, 2.24) is 4.98 Å². The van der Waals surface area contributed by atoms with E-state index < -0.39 is 0 Å². The quantitative estimate of drug-likeness (QED) is 0.852. The second kappa shape index (κ2) is 6.01. The number of hydrogen-bond acceptors (Lipinski definition) is 4. The fourth-order valence-corrected chi connectivity index (χ4v) is 3.24. The van der Waals surface area contributed by atoms with Gasteiger partial charge in [0.15, 0.2) is 0 Å². The number of nitrogens with zero attached hydrogens (tertiary/aromatic N) is 3. The summed E-state index contributed by atoms with van der Waals surface area (Å²) in [5.41, 5.74) is 3.78. The Balaban J connectivity index is 1.60. The lowest BCUT2D eigenvalue weighted by Crippen LogP contribution is -2.36. The lowest BCUT2D eigenvalue weighted by atomic mass is 10.2. The van der Waals surface area contributed by atoms with Gasteiger partial charge in [-0.15, -0.1) is 0 Å². The van der Waals surface area contributed by atoms with Crippen molar-refractivity contribution in [3.8, 4) is 0 Å². The average molecular weight is 309 g/mol. The van der Waals surface area contributed by atoms with Crippen LogP contribution in [-0.2, 0) is 11.2 Å². The SMILES string of the molecule is O=C(c1cc(N2CCOCC2)ccn1)N1CCc2ccccc21. The third-order valence-corrected chi connectivity index (χ3v) is 4.47. The van der Waals surface area contributed by atoms with Crippen LogP contribution < -0.4 is 9.80 Å². The molecule has 5 nitrogen and oxygen atoms in total. The van der Waals surface area contributed by atoms with Gasteiger partial charge in [-0.05, 0) is 30.2 Å². The highest BCUT2D eigenvalue weighted by atomic mass is 16.5. The minimum atomic E-state index is -0.0231. The van der Waals surface area contributed by atoms with E-state index in [9.17, 15) is 4.79 Å². The van der Waals surface area contributed by atoms with Gasteiger partial charge >= 0.3 is 0 Å². The summed E-state index contributed by atoms with van der Waals surface area (Å²) in [7, 11) is 0. The number of amides is 1. The zero-order chi connectivity index (χ0) is 15.6. The second-order valence-electron chi connectivity index (χ2n) is 5.83. The van der Waals surface area contributed by atoms with E-state index in [1.807, 2.05) is 35.2 Å². The molecule has 118 valence electrons. The summed E-state index contributed by atoms with van der Waals surface area (Å²) >= 11 is 0. The van der Waals surface area contributed by atoms with Crippen LogP contribution in [0.25, 0.3) is 0 Å². The Morgan fingerprint density at radius 1 is 1.09 bits per heavy atom. The number of rotatable bonds is 2. The van der Waals surface area contributed by atoms with Gasteiger partial charge in [0.25, 0.3) is 5.91 Å². The number of hydrogen-bond donors (Lipinski definition) is 0. The lowest BCUT2D eigenvalue weighted by molar-refractivity contribution is 0.0984. The predicted octanol–water partition coefficient (Wildman–Crippen LogP) is 2.12. The summed E-state index contributed by atoms with van der Waals surface area (Å²) in [6.45, 7) is 3.88. The number of ether oxygens (including phenoxy) is 1. The maximum atomic E-state index is 12.9. The van der Waals surface area contributed by atoms with Crippen molar-refractivity contribution in [2.45, 2.75) is 6.42 Å². The normalized spacial score (nSPS) is 17.2. The Morgan fingerprint density at radius 2 is 1.91 bits per heavy atom. The molecule has 0 bridgehead atoms. The van der Waals surface area contributed by atoms with Crippen molar-refractivity contribution in [3.05, 3.63) is 53.9 Å². The first kappa shape index (κ1) is 14.2. The molecule has 3 heterocycles. The first-order valence-electron chi connectivity index (χ1n) is 8.01. The number of carbonyl (C=O) groups is 1. The van der Waals surface area contributed by atoms with Crippen molar-refractivity contribution in [2.24, 2.45) is 0 Å². The molecule has 1 aromatic heterocycles. The van der Waals surface area contributed by atoms with E-state index in [4.69, 9.17) is 4.74 Å². The third-order valence-electron chi connectivity index (χ3n) is 4.47. The second-order valence-corrected chi connectivity index (χ2v) is 5.83. The van der Waals surface area contributed by atoms with Crippen molar-refractivity contribution in [2.75, 3.05) is 42.6 Å². The fourth-order valence-electron chi connectivity index (χ4n) is 3.24. The fraction of sp³-hybridized carbons (Fsp3) is 0.333. The summed E-state index contributed by atoms with van der Waals surface area (Å²) in [5, 5.41) is 0. The molecule has 0 spiro atoms. The molecule has 0 unspecified atom stereocenters. The van der Waals surface area contributed by atoms with Gasteiger partial charge < -0.3 is 14.5 Å². The smallest absolute Gasteiger partial charge is 0.276 e. The molecule has 1 fully saturated rings. The number of fused-ring (bicyclic) bond motifs is 1. The van der Waals surface area contributed by atoms with E-state index in [0.717, 1.165) is 50.6 Å². The van der Waals surface area contributed by atoms with Gasteiger partial charge in [0.1, 0.15) is 5.69 Å². The van der Waals surface area contributed by atoms with Crippen LogP contribution in [0.2, 0.25) is 0 Å². The number of morpholine rings is 1. The zero-order valence-electron chi connectivity index (χ0n) is 12.9. The van der Waals surface area contributed by atoms with Gasteiger partial charge in [-0.1, -0.05) is 18.2 Å². The van der Waals surface area contributed by atoms with Gasteiger partial charge in [-0.2, -0.15) is 0 Å². The summed E-state index contributed by atoms with van der Waals surface area (Å²) in [4.78, 5) is 21.2. The number of para-hydroxylation sites is 1. The zero-order valence-corrected chi connectivity index (χ0v) is 12.9. The van der Waals surface area contributed by atoms with Crippen LogP contribution >= 0.6 is 0 Å². The van der Waals surface area contributed by atoms with Crippen molar-refractivity contribution >= 4 is 17.3 Å². The van der Waals surface area contributed by atoms with Crippen LogP contribution in [0.3, 0.4) is 0 Å². The lowest BCUT2D eigenvalue weighted by Gasteiger charge is -2.29. The molecule has 0 saturated carbocycles. The molecule has 23 heavy (non-hydrogen) atoms. The van der Waals surface area contributed by atoms with Crippen molar-refractivity contribution in [1.29, 1.82) is 0 Å². The molecule has 1 aromatic carbocycles. The molecule has 0 radical (unpaired) electrons. The third kappa shape index (κ3) is 2.68. The highest BCUT2D eigenvalue weighted by molar-refractivity contribution is 6.06. The number of benzene rings is 1. The largest absolute Gasteiger partial charge is 0.378 e. The van der Waals surface area contributed by atoms with Crippen LogP contribution in [0.5, 0.6) is 0 Å². The molecule has 2 aromatic rings. The molecule has 2 aliphatic rings. The molecule has 1 amide bonds. The Morgan fingerprint density at radius 3 is 2.78 bits per heavy atom. The monoisotopic (exact) mass is 309 g/mol. The van der Waals surface area contributed by atoms with Crippen LogP contribution in [0.1, 0.15) is 16.1 Å². The van der Waals surface area contributed by atoms with Gasteiger partial charge in [-0.3, -0.25) is 9.78 Å². The highest BCUT2D eigenvalue weighted by Crippen LogP contribution is 2.29. The van der Waals surface area contributed by atoms with Gasteiger partial charge in [0.2, 0.25) is 0 Å². The summed E-state index contributed by atoms with van der Waals surface area (Å²) in [6.07, 6.45) is 2.63.